The number of rotatable bonds is 9. The normalized spacial score (nSPS) is 17.5. The molecule has 204 valence electrons. The first kappa shape index (κ1) is 27.8. The lowest BCUT2D eigenvalue weighted by Gasteiger charge is -2.32. The number of fused-ring (bicyclic) bond motifs is 3. The molecular weight excluding hydrogens is 576 g/mol. The van der Waals surface area contributed by atoms with Crippen LogP contribution >= 0.6 is 15.9 Å². The minimum atomic E-state index is -3.98. The first-order chi connectivity index (χ1) is 18.7. The van der Waals surface area contributed by atoms with Crippen molar-refractivity contribution < 1.29 is 17.4 Å². The fourth-order valence-corrected chi connectivity index (χ4v) is 7.01. The van der Waals surface area contributed by atoms with Gasteiger partial charge in [-0.3, -0.25) is 8.98 Å². The van der Waals surface area contributed by atoms with Crippen LogP contribution in [0.15, 0.2) is 76.1 Å². The van der Waals surface area contributed by atoms with Gasteiger partial charge in [0.15, 0.2) is 5.78 Å². The van der Waals surface area contributed by atoms with Crippen molar-refractivity contribution in [2.45, 2.75) is 44.6 Å². The lowest BCUT2D eigenvalue weighted by atomic mass is 9.84. The monoisotopic (exact) mass is 608 g/mol. The second-order valence-corrected chi connectivity index (χ2v) is 12.7. The summed E-state index contributed by atoms with van der Waals surface area (Å²) >= 11 is 3.49. The largest absolute Gasteiger partial charge is 0.356 e. The van der Waals surface area contributed by atoms with Crippen LogP contribution in [0.25, 0.3) is 10.9 Å². The molecule has 0 bridgehead atoms. The van der Waals surface area contributed by atoms with E-state index in [-0.39, 0.29) is 16.6 Å². The number of halogens is 1. The van der Waals surface area contributed by atoms with Gasteiger partial charge in [0, 0.05) is 33.0 Å². The second kappa shape index (κ2) is 11.4. The van der Waals surface area contributed by atoms with Crippen LogP contribution in [-0.4, -0.2) is 43.7 Å². The molecule has 0 fully saturated rings. The summed E-state index contributed by atoms with van der Waals surface area (Å²) in [5, 5.41) is 0.938. The van der Waals surface area contributed by atoms with E-state index in [2.05, 4.69) is 39.7 Å². The summed E-state index contributed by atoms with van der Waals surface area (Å²) in [7, 11) is -3.98. The van der Waals surface area contributed by atoms with Gasteiger partial charge in [-0.1, -0.05) is 59.6 Å². The Hall–Kier alpha value is -2.78. The van der Waals surface area contributed by atoms with Crippen LogP contribution in [0.4, 0.5) is 0 Å². The van der Waals surface area contributed by atoms with Crippen molar-refractivity contribution in [2.24, 2.45) is 5.92 Å². The van der Waals surface area contributed by atoms with Gasteiger partial charge < -0.3 is 9.88 Å². The molecule has 2 unspecified atom stereocenters. The average Bonchev–Trinajstić information content (AvgIpc) is 3.30. The van der Waals surface area contributed by atoms with E-state index in [1.165, 1.54) is 0 Å². The number of carbonyl (C=O) groups is 1. The fourth-order valence-electron chi connectivity index (χ4n) is 5.48. The first-order valence-corrected chi connectivity index (χ1v) is 15.6. The topological polar surface area (TPSA) is 79.5 Å². The smallest absolute Gasteiger partial charge is 0.297 e. The van der Waals surface area contributed by atoms with Crippen LogP contribution < -0.4 is 0 Å². The Morgan fingerprint density at radius 3 is 2.46 bits per heavy atom. The number of ketones is 1. The van der Waals surface area contributed by atoms with Gasteiger partial charge in [-0.15, -0.1) is 0 Å². The van der Waals surface area contributed by atoms with Gasteiger partial charge in [0.05, 0.1) is 10.6 Å². The molecule has 0 amide bonds. The van der Waals surface area contributed by atoms with Gasteiger partial charge in [0.25, 0.3) is 10.1 Å². The summed E-state index contributed by atoms with van der Waals surface area (Å²) in [4.78, 5) is 19.3. The minimum absolute atomic E-state index is 0.0652. The third-order valence-corrected chi connectivity index (χ3v) is 9.67. The Kier molecular flexibility index (Phi) is 8.10. The van der Waals surface area contributed by atoms with Crippen molar-refractivity contribution in [3.05, 3.63) is 99.2 Å². The molecule has 1 aliphatic carbocycles. The molecule has 0 saturated carbocycles. The number of aryl methyl sites for hydroxylation is 1. The molecule has 1 aliphatic rings. The Labute approximate surface area is 238 Å². The van der Waals surface area contributed by atoms with Gasteiger partial charge in [-0.25, -0.2) is 0 Å². The number of carbonyl (C=O) groups excluding carboxylic acids is 1. The van der Waals surface area contributed by atoms with Crippen molar-refractivity contribution in [1.29, 1.82) is 0 Å². The van der Waals surface area contributed by atoms with Crippen LogP contribution in [0.3, 0.4) is 0 Å². The Morgan fingerprint density at radius 2 is 1.77 bits per heavy atom. The number of hydrogen-bond donors (Lipinski definition) is 1. The van der Waals surface area contributed by atoms with E-state index in [0.29, 0.717) is 17.5 Å². The maximum Gasteiger partial charge on any atom is 0.297 e. The van der Waals surface area contributed by atoms with Gasteiger partial charge in [0.1, 0.15) is 6.10 Å². The molecule has 2 atom stereocenters. The zero-order chi connectivity index (χ0) is 27.7. The van der Waals surface area contributed by atoms with Crippen molar-refractivity contribution in [3.63, 3.8) is 0 Å². The lowest BCUT2D eigenvalue weighted by molar-refractivity contribution is 0.103. The van der Waals surface area contributed by atoms with Gasteiger partial charge in [0.2, 0.25) is 0 Å². The highest BCUT2D eigenvalue weighted by Gasteiger charge is 2.35. The van der Waals surface area contributed by atoms with Gasteiger partial charge >= 0.3 is 0 Å². The SMILES string of the molecule is CCN(CC)CC1Cc2c([nH]c3ccc(C(=O)c4ccccc4Br)cc23)C(OS(=O)(=O)c2ccc(C)cc2)C1. The quantitative estimate of drug-likeness (QED) is 0.166. The molecule has 39 heavy (non-hydrogen) atoms. The number of nitrogens with one attached hydrogen (secondary N) is 1. The predicted molar refractivity (Wildman–Crippen MR) is 158 cm³/mol. The molecule has 1 heterocycles. The average molecular weight is 610 g/mol. The molecule has 8 heteroatoms. The molecule has 0 spiro atoms. The molecule has 3 aromatic carbocycles. The molecule has 0 radical (unpaired) electrons. The van der Waals surface area contributed by atoms with Crippen molar-refractivity contribution in [2.75, 3.05) is 19.6 Å². The Morgan fingerprint density at radius 1 is 1.05 bits per heavy atom. The number of aromatic amines is 1. The summed E-state index contributed by atoms with van der Waals surface area (Å²) in [5.74, 6) is 0.141. The highest BCUT2D eigenvalue weighted by Crippen LogP contribution is 2.41. The summed E-state index contributed by atoms with van der Waals surface area (Å²) in [6, 6.07) is 19.8. The molecule has 4 aromatic rings. The summed E-state index contributed by atoms with van der Waals surface area (Å²) in [6.45, 7) is 8.89. The number of benzene rings is 3. The van der Waals surface area contributed by atoms with E-state index in [0.717, 1.165) is 58.3 Å². The third kappa shape index (κ3) is 5.75. The highest BCUT2D eigenvalue weighted by atomic mass is 79.9. The standard InChI is InChI=1S/C31H33BrN2O4S/c1-4-34(5-2)19-21-16-26-25-18-22(31(35)24-8-6-7-9-27(24)32)12-15-28(25)33-30(26)29(17-21)38-39(36,37)23-13-10-20(3)11-14-23/h6-15,18,21,29,33H,4-5,16-17,19H2,1-3H3. The zero-order valence-corrected chi connectivity index (χ0v) is 24.8. The lowest BCUT2D eigenvalue weighted by Crippen LogP contribution is -2.33. The van der Waals surface area contributed by atoms with Crippen LogP contribution in [-0.2, 0) is 20.7 Å². The van der Waals surface area contributed by atoms with E-state index in [9.17, 15) is 13.2 Å². The predicted octanol–water partition coefficient (Wildman–Crippen LogP) is 6.82. The Balaban J connectivity index is 1.55. The van der Waals surface area contributed by atoms with Crippen LogP contribution in [0, 0.1) is 12.8 Å². The van der Waals surface area contributed by atoms with Gasteiger partial charge in [-0.05, 0) is 86.8 Å². The summed E-state index contributed by atoms with van der Waals surface area (Å²) in [5.41, 5.74) is 4.85. The minimum Gasteiger partial charge on any atom is -0.356 e. The van der Waals surface area contributed by atoms with Crippen molar-refractivity contribution >= 4 is 42.7 Å². The molecule has 1 aromatic heterocycles. The number of H-pyrrole nitrogens is 1. The van der Waals surface area contributed by atoms with E-state index in [4.69, 9.17) is 4.18 Å². The summed E-state index contributed by atoms with van der Waals surface area (Å²) < 4.78 is 33.3. The molecule has 1 N–H and O–H groups in total. The van der Waals surface area contributed by atoms with Crippen LogP contribution in [0.1, 0.15) is 59.1 Å². The zero-order valence-electron chi connectivity index (χ0n) is 22.4. The second-order valence-electron chi connectivity index (χ2n) is 10.2. The third-order valence-electron chi connectivity index (χ3n) is 7.65. The van der Waals surface area contributed by atoms with E-state index < -0.39 is 16.2 Å². The molecule has 6 nitrogen and oxygen atoms in total. The number of hydrogen-bond acceptors (Lipinski definition) is 5. The Bertz CT molecular complexity index is 1610. The molecule has 5 rings (SSSR count). The molecular formula is C31H33BrN2O4S. The van der Waals surface area contributed by atoms with E-state index in [1.54, 1.807) is 24.3 Å². The maximum absolute atomic E-state index is 13.4. The molecule has 0 aliphatic heterocycles. The van der Waals surface area contributed by atoms with Crippen LogP contribution in [0.5, 0.6) is 0 Å². The van der Waals surface area contributed by atoms with E-state index in [1.807, 2.05) is 49.4 Å². The van der Waals surface area contributed by atoms with Crippen molar-refractivity contribution in [3.8, 4) is 0 Å². The fraction of sp³-hybridized carbons (Fsp3) is 0.323. The molecule has 0 saturated heterocycles. The first-order valence-electron chi connectivity index (χ1n) is 13.4. The van der Waals surface area contributed by atoms with Crippen molar-refractivity contribution in [1.82, 2.24) is 9.88 Å². The number of aromatic nitrogens is 1. The van der Waals surface area contributed by atoms with Crippen LogP contribution in [0.2, 0.25) is 0 Å². The maximum atomic E-state index is 13.4. The van der Waals surface area contributed by atoms with Gasteiger partial charge in [-0.2, -0.15) is 8.42 Å². The summed E-state index contributed by atoms with van der Waals surface area (Å²) in [6.07, 6.45) is 0.725. The highest BCUT2D eigenvalue weighted by molar-refractivity contribution is 9.10. The van der Waals surface area contributed by atoms with E-state index >= 15 is 0 Å². The number of nitrogens with zero attached hydrogens (tertiary/aromatic N) is 1.